The molecular formula is C24H22N2O4. The summed E-state index contributed by atoms with van der Waals surface area (Å²) in [7, 11) is 3.15. The van der Waals surface area contributed by atoms with Crippen molar-refractivity contribution in [3.8, 4) is 11.5 Å². The molecule has 0 unspecified atom stereocenters. The van der Waals surface area contributed by atoms with Gasteiger partial charge in [0.05, 0.1) is 14.2 Å². The first-order valence-corrected chi connectivity index (χ1v) is 9.26. The van der Waals surface area contributed by atoms with Crippen LogP contribution in [-0.4, -0.2) is 25.9 Å². The number of ether oxygens (including phenoxy) is 2. The van der Waals surface area contributed by atoms with Crippen LogP contribution in [0.3, 0.4) is 0 Å². The maximum Gasteiger partial charge on any atom is 0.261 e. The molecule has 1 amide bonds. The smallest absolute Gasteiger partial charge is 0.261 e. The first kappa shape index (κ1) is 20.7. The highest BCUT2D eigenvalue weighted by molar-refractivity contribution is 6.28. The molecule has 3 rings (SSSR count). The third kappa shape index (κ3) is 5.26. The van der Waals surface area contributed by atoms with Crippen molar-refractivity contribution in [1.29, 1.82) is 0 Å². The molecule has 0 saturated heterocycles. The number of rotatable bonds is 8. The molecule has 3 aromatic carbocycles. The first-order chi connectivity index (χ1) is 14.6. The summed E-state index contributed by atoms with van der Waals surface area (Å²) in [4.78, 5) is 25.9. The van der Waals surface area contributed by atoms with Crippen molar-refractivity contribution in [3.05, 3.63) is 96.2 Å². The largest absolute Gasteiger partial charge is 0.497 e. The van der Waals surface area contributed by atoms with Crippen LogP contribution in [0.4, 0.5) is 11.4 Å². The van der Waals surface area contributed by atoms with Crippen LogP contribution in [0.5, 0.6) is 11.5 Å². The summed E-state index contributed by atoms with van der Waals surface area (Å²) in [5, 5.41) is 5.77. The average molecular weight is 402 g/mol. The Morgan fingerprint density at radius 3 is 1.80 bits per heavy atom. The maximum absolute atomic E-state index is 13.0. The second kappa shape index (κ2) is 9.93. The van der Waals surface area contributed by atoms with E-state index >= 15 is 0 Å². The highest BCUT2D eigenvalue weighted by Gasteiger charge is 2.20. The summed E-state index contributed by atoms with van der Waals surface area (Å²) in [5.74, 6) is 0.477. The minimum atomic E-state index is -0.518. The van der Waals surface area contributed by atoms with Crippen molar-refractivity contribution in [3.63, 3.8) is 0 Å². The van der Waals surface area contributed by atoms with E-state index in [9.17, 15) is 9.59 Å². The predicted molar refractivity (Wildman–Crippen MR) is 117 cm³/mol. The molecule has 0 atom stereocenters. The number of amides is 1. The van der Waals surface area contributed by atoms with Gasteiger partial charge in [0.2, 0.25) is 0 Å². The van der Waals surface area contributed by atoms with E-state index in [2.05, 4.69) is 10.6 Å². The van der Waals surface area contributed by atoms with Crippen LogP contribution in [0.1, 0.15) is 10.4 Å². The van der Waals surface area contributed by atoms with E-state index in [0.29, 0.717) is 28.4 Å². The van der Waals surface area contributed by atoms with Crippen LogP contribution in [0, 0.1) is 0 Å². The van der Waals surface area contributed by atoms with Gasteiger partial charge in [-0.1, -0.05) is 30.3 Å². The lowest BCUT2D eigenvalue weighted by Crippen LogP contribution is -2.21. The topological polar surface area (TPSA) is 76.7 Å². The van der Waals surface area contributed by atoms with E-state index in [0.717, 1.165) is 0 Å². The summed E-state index contributed by atoms with van der Waals surface area (Å²) in [6.07, 6.45) is 1.41. The Labute approximate surface area is 175 Å². The lowest BCUT2D eigenvalue weighted by atomic mass is 10.0. The third-order valence-corrected chi connectivity index (χ3v) is 4.35. The molecular weight excluding hydrogens is 380 g/mol. The normalized spacial score (nSPS) is 10.8. The summed E-state index contributed by atoms with van der Waals surface area (Å²) in [6, 6.07) is 22.7. The number of Topliss-reactive ketones (excluding diaryl/α,β-unsaturated/α-hetero) is 1. The van der Waals surface area contributed by atoms with Gasteiger partial charge in [-0.15, -0.1) is 0 Å². The van der Waals surface area contributed by atoms with Crippen molar-refractivity contribution < 1.29 is 19.1 Å². The Kier molecular flexibility index (Phi) is 6.84. The monoisotopic (exact) mass is 402 g/mol. The second-order valence-electron chi connectivity index (χ2n) is 6.31. The molecule has 0 bridgehead atoms. The zero-order chi connectivity index (χ0) is 21.3. The van der Waals surface area contributed by atoms with Crippen LogP contribution in [0.2, 0.25) is 0 Å². The van der Waals surface area contributed by atoms with E-state index in [1.54, 1.807) is 87.0 Å². The van der Waals surface area contributed by atoms with Gasteiger partial charge in [-0.25, -0.2) is 0 Å². The van der Waals surface area contributed by atoms with Crippen LogP contribution in [-0.2, 0) is 4.79 Å². The lowest BCUT2D eigenvalue weighted by Gasteiger charge is -2.10. The Balaban J connectivity index is 1.85. The standard InChI is InChI=1S/C24H22N2O4/c1-29-20-12-8-18(9-13-20)25-16-22(23(27)17-6-4-3-5-7-17)24(28)26-19-10-14-21(30-2)15-11-19/h3-16,25H,1-2H3,(H,26,28)/b22-16-. The molecule has 2 N–H and O–H groups in total. The van der Waals surface area contributed by atoms with Crippen molar-refractivity contribution in [2.24, 2.45) is 0 Å². The minimum absolute atomic E-state index is 0.0205. The number of hydrogen-bond acceptors (Lipinski definition) is 5. The SMILES string of the molecule is COc1ccc(N/C=C(\C(=O)Nc2ccc(OC)cc2)C(=O)c2ccccc2)cc1. The molecule has 0 spiro atoms. The zero-order valence-electron chi connectivity index (χ0n) is 16.7. The molecule has 0 aromatic heterocycles. The van der Waals surface area contributed by atoms with Gasteiger partial charge in [0.25, 0.3) is 5.91 Å². The molecule has 6 heteroatoms. The Bertz CT molecular complexity index is 1030. The van der Waals surface area contributed by atoms with Crippen molar-refractivity contribution >= 4 is 23.1 Å². The highest BCUT2D eigenvalue weighted by atomic mass is 16.5. The summed E-state index contributed by atoms with van der Waals surface area (Å²) in [5.41, 5.74) is 1.67. The van der Waals surface area contributed by atoms with Gasteiger partial charge in [-0.3, -0.25) is 9.59 Å². The van der Waals surface area contributed by atoms with E-state index in [-0.39, 0.29) is 11.4 Å². The number of benzene rings is 3. The van der Waals surface area contributed by atoms with Gasteiger partial charge >= 0.3 is 0 Å². The number of methoxy groups -OCH3 is 2. The molecule has 0 radical (unpaired) electrons. The fourth-order valence-corrected chi connectivity index (χ4v) is 2.69. The van der Waals surface area contributed by atoms with Crippen LogP contribution in [0.25, 0.3) is 0 Å². The van der Waals surface area contributed by atoms with Gasteiger partial charge in [-0.2, -0.15) is 0 Å². The van der Waals surface area contributed by atoms with Crippen LogP contribution >= 0.6 is 0 Å². The van der Waals surface area contributed by atoms with E-state index in [1.165, 1.54) is 6.20 Å². The quantitative estimate of drug-likeness (QED) is 0.251. The number of carbonyl (C=O) groups is 2. The maximum atomic E-state index is 13.0. The van der Waals surface area contributed by atoms with E-state index < -0.39 is 5.91 Å². The Hall–Kier alpha value is -4.06. The van der Waals surface area contributed by atoms with Gasteiger partial charge in [0.1, 0.15) is 17.1 Å². The molecule has 3 aromatic rings. The highest BCUT2D eigenvalue weighted by Crippen LogP contribution is 2.19. The van der Waals surface area contributed by atoms with E-state index in [1.807, 2.05) is 6.07 Å². The summed E-state index contributed by atoms with van der Waals surface area (Å²) < 4.78 is 10.3. The number of anilines is 2. The average Bonchev–Trinajstić information content (AvgIpc) is 2.80. The minimum Gasteiger partial charge on any atom is -0.497 e. The molecule has 0 aliphatic carbocycles. The second-order valence-corrected chi connectivity index (χ2v) is 6.31. The molecule has 6 nitrogen and oxygen atoms in total. The van der Waals surface area contributed by atoms with Crippen molar-refractivity contribution in [2.45, 2.75) is 0 Å². The first-order valence-electron chi connectivity index (χ1n) is 9.26. The van der Waals surface area contributed by atoms with Gasteiger partial charge in [-0.05, 0) is 48.5 Å². The van der Waals surface area contributed by atoms with Crippen molar-refractivity contribution in [2.75, 3.05) is 24.9 Å². The van der Waals surface area contributed by atoms with E-state index in [4.69, 9.17) is 9.47 Å². The number of hydrogen-bond donors (Lipinski definition) is 2. The molecule has 0 saturated carbocycles. The molecule has 0 aliphatic rings. The predicted octanol–water partition coefficient (Wildman–Crippen LogP) is 4.52. The third-order valence-electron chi connectivity index (χ3n) is 4.35. The van der Waals surface area contributed by atoms with Gasteiger partial charge in [0, 0.05) is 23.1 Å². The van der Waals surface area contributed by atoms with Crippen molar-refractivity contribution in [1.82, 2.24) is 0 Å². The molecule has 0 heterocycles. The number of ketones is 1. The van der Waals surface area contributed by atoms with Crippen LogP contribution in [0.15, 0.2) is 90.6 Å². The molecule has 152 valence electrons. The van der Waals surface area contributed by atoms with Gasteiger partial charge < -0.3 is 20.1 Å². The fourth-order valence-electron chi connectivity index (χ4n) is 2.69. The molecule has 30 heavy (non-hydrogen) atoms. The number of carbonyl (C=O) groups excluding carboxylic acids is 2. The molecule has 0 aliphatic heterocycles. The fraction of sp³-hybridized carbons (Fsp3) is 0.0833. The Morgan fingerprint density at radius 2 is 1.27 bits per heavy atom. The summed E-state index contributed by atoms with van der Waals surface area (Å²) >= 11 is 0. The number of nitrogens with one attached hydrogen (secondary N) is 2. The molecule has 0 fully saturated rings. The zero-order valence-corrected chi connectivity index (χ0v) is 16.7. The van der Waals surface area contributed by atoms with Gasteiger partial charge in [0.15, 0.2) is 5.78 Å². The summed E-state index contributed by atoms with van der Waals surface area (Å²) in [6.45, 7) is 0. The Morgan fingerprint density at radius 1 is 0.733 bits per heavy atom. The lowest BCUT2D eigenvalue weighted by molar-refractivity contribution is -0.112. The van der Waals surface area contributed by atoms with Crippen LogP contribution < -0.4 is 20.1 Å².